The Labute approximate surface area is 182 Å². The molecule has 1 aromatic carbocycles. The van der Waals surface area contributed by atoms with Gasteiger partial charge in [-0.3, -0.25) is 4.79 Å². The number of carbonyl (C=O) groups excluding carboxylic acids is 3. The van der Waals surface area contributed by atoms with Gasteiger partial charge in [-0.25, -0.2) is 9.59 Å². The Kier molecular flexibility index (Phi) is 8.25. The molecule has 1 N–H and O–H groups in total. The van der Waals surface area contributed by atoms with Crippen LogP contribution in [0.4, 0.5) is 9.59 Å². The fourth-order valence-corrected chi connectivity index (χ4v) is 3.20. The molecule has 0 radical (unpaired) electrons. The average molecular weight is 431 g/mol. The van der Waals surface area contributed by atoms with Gasteiger partial charge in [-0.1, -0.05) is 12.1 Å². The predicted molar refractivity (Wildman–Crippen MR) is 113 cm³/mol. The molecule has 0 aliphatic carbocycles. The number of piperazine rings is 1. The highest BCUT2D eigenvalue weighted by Gasteiger charge is 2.31. The van der Waals surface area contributed by atoms with Crippen LogP contribution in [0.15, 0.2) is 24.3 Å². The lowest BCUT2D eigenvalue weighted by molar-refractivity contribution is -0.135. The molecule has 2 rings (SSSR count). The number of nitrogens with zero attached hydrogens (tertiary/aromatic N) is 3. The van der Waals surface area contributed by atoms with Gasteiger partial charge < -0.3 is 24.6 Å². The van der Waals surface area contributed by atoms with Gasteiger partial charge in [0.25, 0.3) is 0 Å². The quantitative estimate of drug-likeness (QED) is 0.767. The van der Waals surface area contributed by atoms with Crippen molar-refractivity contribution in [3.8, 4) is 6.07 Å². The van der Waals surface area contributed by atoms with E-state index < -0.39 is 23.8 Å². The van der Waals surface area contributed by atoms with E-state index in [0.717, 1.165) is 5.56 Å². The fraction of sp³-hybridized carbons (Fsp3) is 0.545. The Morgan fingerprint density at radius 2 is 1.81 bits per heavy atom. The highest BCUT2D eigenvalue weighted by Crippen LogP contribution is 2.13. The summed E-state index contributed by atoms with van der Waals surface area (Å²) in [7, 11) is 0. The topological polar surface area (TPSA) is 112 Å². The maximum atomic E-state index is 13.2. The van der Waals surface area contributed by atoms with Gasteiger partial charge in [-0.05, 0) is 45.4 Å². The first kappa shape index (κ1) is 24.0. The molecule has 0 aromatic heterocycles. The standard InChI is InChI=1S/C22H30N4O5/c1-5-30-21(29)26-11-9-25(10-12-26)19(27)18(24-20(28)31-22(2,3)4)14-16-7-6-8-17(13-16)15-23/h6-8,13,18H,5,9-12,14H2,1-4H3,(H,24,28). The second-order valence-corrected chi connectivity index (χ2v) is 8.23. The number of hydrogen-bond acceptors (Lipinski definition) is 6. The molecule has 1 aliphatic rings. The van der Waals surface area contributed by atoms with E-state index in [0.29, 0.717) is 38.3 Å². The van der Waals surface area contributed by atoms with Crippen molar-refractivity contribution in [2.45, 2.75) is 45.8 Å². The zero-order valence-corrected chi connectivity index (χ0v) is 18.5. The summed E-state index contributed by atoms with van der Waals surface area (Å²) in [6.07, 6.45) is -0.870. The molecule has 1 saturated heterocycles. The van der Waals surface area contributed by atoms with Gasteiger partial charge in [0.15, 0.2) is 0 Å². The lowest BCUT2D eigenvalue weighted by Crippen LogP contribution is -2.56. The van der Waals surface area contributed by atoms with Gasteiger partial charge in [0.05, 0.1) is 18.2 Å². The number of benzene rings is 1. The summed E-state index contributed by atoms with van der Waals surface area (Å²) < 4.78 is 10.3. The van der Waals surface area contributed by atoms with Gasteiger partial charge in [-0.15, -0.1) is 0 Å². The van der Waals surface area contributed by atoms with E-state index in [4.69, 9.17) is 14.7 Å². The number of alkyl carbamates (subject to hydrolysis) is 1. The van der Waals surface area contributed by atoms with E-state index in [1.807, 2.05) is 0 Å². The Morgan fingerprint density at radius 3 is 2.39 bits per heavy atom. The van der Waals surface area contributed by atoms with Crippen LogP contribution in [0.25, 0.3) is 0 Å². The number of ether oxygens (including phenoxy) is 2. The molecule has 1 heterocycles. The van der Waals surface area contributed by atoms with E-state index in [1.165, 1.54) is 0 Å². The summed E-state index contributed by atoms with van der Waals surface area (Å²) in [6, 6.07) is 8.12. The molecule has 0 spiro atoms. The number of nitrogens with one attached hydrogen (secondary N) is 1. The Morgan fingerprint density at radius 1 is 1.16 bits per heavy atom. The molecule has 9 heteroatoms. The first-order chi connectivity index (χ1) is 14.6. The smallest absolute Gasteiger partial charge is 0.409 e. The number of rotatable bonds is 5. The first-order valence-corrected chi connectivity index (χ1v) is 10.3. The number of hydrogen-bond donors (Lipinski definition) is 1. The summed E-state index contributed by atoms with van der Waals surface area (Å²) in [6.45, 7) is 8.65. The number of carbonyl (C=O) groups is 3. The minimum absolute atomic E-state index is 0.214. The highest BCUT2D eigenvalue weighted by atomic mass is 16.6. The third-order valence-corrected chi connectivity index (χ3v) is 4.60. The summed E-state index contributed by atoms with van der Waals surface area (Å²) >= 11 is 0. The zero-order valence-electron chi connectivity index (χ0n) is 18.5. The average Bonchev–Trinajstić information content (AvgIpc) is 2.72. The summed E-state index contributed by atoms with van der Waals surface area (Å²) in [4.78, 5) is 40.6. The minimum atomic E-state index is -0.863. The molecular formula is C22H30N4O5. The van der Waals surface area contributed by atoms with Crippen LogP contribution in [-0.4, -0.2) is 72.3 Å². The third kappa shape index (κ3) is 7.48. The predicted octanol–water partition coefficient (Wildman–Crippen LogP) is 2.29. The molecule has 168 valence electrons. The lowest BCUT2D eigenvalue weighted by atomic mass is 10.0. The Hall–Kier alpha value is -3.28. The summed E-state index contributed by atoms with van der Waals surface area (Å²) in [5.74, 6) is -0.267. The van der Waals surface area contributed by atoms with E-state index in [1.54, 1.807) is 61.8 Å². The van der Waals surface area contributed by atoms with Crippen LogP contribution in [0, 0.1) is 11.3 Å². The lowest BCUT2D eigenvalue weighted by Gasteiger charge is -2.36. The summed E-state index contributed by atoms with van der Waals surface area (Å²) in [5.41, 5.74) is 0.520. The molecule has 31 heavy (non-hydrogen) atoms. The molecule has 3 amide bonds. The van der Waals surface area contributed by atoms with Crippen LogP contribution in [0.3, 0.4) is 0 Å². The molecule has 1 aromatic rings. The number of amides is 3. The van der Waals surface area contributed by atoms with Crippen molar-refractivity contribution in [2.24, 2.45) is 0 Å². The van der Waals surface area contributed by atoms with Crippen LogP contribution in [0.2, 0.25) is 0 Å². The van der Waals surface area contributed by atoms with Crippen molar-refractivity contribution in [3.05, 3.63) is 35.4 Å². The van der Waals surface area contributed by atoms with Crippen LogP contribution >= 0.6 is 0 Å². The van der Waals surface area contributed by atoms with Gasteiger partial charge in [0, 0.05) is 32.6 Å². The fourth-order valence-electron chi connectivity index (χ4n) is 3.20. The molecule has 1 fully saturated rings. The highest BCUT2D eigenvalue weighted by molar-refractivity contribution is 5.86. The SMILES string of the molecule is CCOC(=O)N1CCN(C(=O)C(Cc2cccc(C#N)c2)NC(=O)OC(C)(C)C)CC1. The maximum absolute atomic E-state index is 13.2. The molecular weight excluding hydrogens is 400 g/mol. The third-order valence-electron chi connectivity index (χ3n) is 4.60. The Bertz CT molecular complexity index is 835. The van der Waals surface area contributed by atoms with Crippen molar-refractivity contribution in [1.82, 2.24) is 15.1 Å². The first-order valence-electron chi connectivity index (χ1n) is 10.3. The van der Waals surface area contributed by atoms with Crippen molar-refractivity contribution in [2.75, 3.05) is 32.8 Å². The van der Waals surface area contributed by atoms with Crippen LogP contribution in [0.5, 0.6) is 0 Å². The van der Waals surface area contributed by atoms with Crippen LogP contribution < -0.4 is 5.32 Å². The van der Waals surface area contributed by atoms with Crippen LogP contribution in [0.1, 0.15) is 38.8 Å². The molecule has 9 nitrogen and oxygen atoms in total. The van der Waals surface area contributed by atoms with Crippen molar-refractivity contribution in [3.63, 3.8) is 0 Å². The summed E-state index contributed by atoms with van der Waals surface area (Å²) in [5, 5.41) is 11.8. The maximum Gasteiger partial charge on any atom is 0.409 e. The molecule has 0 saturated carbocycles. The van der Waals surface area contributed by atoms with E-state index in [9.17, 15) is 14.4 Å². The van der Waals surface area contributed by atoms with E-state index >= 15 is 0 Å². The second-order valence-electron chi connectivity index (χ2n) is 8.23. The van der Waals surface area contributed by atoms with Gasteiger partial charge >= 0.3 is 12.2 Å². The molecule has 1 aliphatic heterocycles. The van der Waals surface area contributed by atoms with Crippen molar-refractivity contribution < 1.29 is 23.9 Å². The molecule has 1 unspecified atom stereocenters. The zero-order chi connectivity index (χ0) is 23.0. The normalized spacial score (nSPS) is 14.9. The van der Waals surface area contributed by atoms with E-state index in [2.05, 4.69) is 11.4 Å². The molecule has 1 atom stereocenters. The molecule has 0 bridgehead atoms. The van der Waals surface area contributed by atoms with Crippen molar-refractivity contribution in [1.29, 1.82) is 5.26 Å². The van der Waals surface area contributed by atoms with Crippen LogP contribution in [-0.2, 0) is 20.7 Å². The van der Waals surface area contributed by atoms with Gasteiger partial charge in [0.2, 0.25) is 5.91 Å². The van der Waals surface area contributed by atoms with E-state index in [-0.39, 0.29) is 12.3 Å². The largest absolute Gasteiger partial charge is 0.450 e. The number of nitriles is 1. The van der Waals surface area contributed by atoms with Gasteiger partial charge in [-0.2, -0.15) is 5.26 Å². The monoisotopic (exact) mass is 430 g/mol. The Balaban J connectivity index is 2.11. The minimum Gasteiger partial charge on any atom is -0.450 e. The van der Waals surface area contributed by atoms with Crippen molar-refractivity contribution >= 4 is 18.1 Å². The second kappa shape index (κ2) is 10.7. The van der Waals surface area contributed by atoms with Gasteiger partial charge in [0.1, 0.15) is 11.6 Å².